The molecule has 2 rings (SSSR count). The molecule has 2 N–H and O–H groups in total. The van der Waals surface area contributed by atoms with Crippen LogP contribution in [-0.2, 0) is 6.42 Å². The van der Waals surface area contributed by atoms with Crippen LogP contribution in [0.25, 0.3) is 0 Å². The maximum Gasteiger partial charge on any atom is 0.0803 e. The molecule has 1 aromatic heterocycles. The van der Waals surface area contributed by atoms with E-state index in [1.807, 2.05) is 0 Å². The van der Waals surface area contributed by atoms with Gasteiger partial charge in [-0.2, -0.15) is 0 Å². The molecule has 4 heteroatoms. The largest absolute Gasteiger partial charge is 0.323 e. The minimum Gasteiger partial charge on any atom is -0.323 e. The summed E-state index contributed by atoms with van der Waals surface area (Å²) in [5.74, 6) is 0.829. The van der Waals surface area contributed by atoms with Gasteiger partial charge in [-0.25, -0.2) is 0 Å². The first kappa shape index (κ1) is 13.0. The summed E-state index contributed by atoms with van der Waals surface area (Å²) in [4.78, 5) is 1.23. The van der Waals surface area contributed by atoms with Gasteiger partial charge in [0.25, 0.3) is 0 Å². The summed E-state index contributed by atoms with van der Waals surface area (Å²) in [6.07, 6.45) is 10.2. The molecule has 0 aliphatic heterocycles. The number of nitrogens with zero attached hydrogens (tertiary/aromatic N) is 2. The fourth-order valence-electron chi connectivity index (χ4n) is 2.80. The van der Waals surface area contributed by atoms with Crippen molar-refractivity contribution in [2.75, 3.05) is 0 Å². The number of hydrogen-bond acceptors (Lipinski definition) is 4. The van der Waals surface area contributed by atoms with Crippen LogP contribution in [0.1, 0.15) is 68.5 Å². The standard InChI is InChI=1S/C13H23N3S/c1-2-6-12-13(17-16-15-12)11(14)9-10-7-4-3-5-8-10/h10-11H,2-9,14H2,1H3. The molecule has 1 aromatic rings. The maximum atomic E-state index is 6.33. The van der Waals surface area contributed by atoms with Gasteiger partial charge in [0.05, 0.1) is 10.6 Å². The van der Waals surface area contributed by atoms with Crippen molar-refractivity contribution in [3.05, 3.63) is 10.6 Å². The van der Waals surface area contributed by atoms with Gasteiger partial charge in [0, 0.05) is 6.04 Å². The van der Waals surface area contributed by atoms with Crippen molar-refractivity contribution >= 4 is 11.5 Å². The number of aryl methyl sites for hydroxylation is 1. The summed E-state index contributed by atoms with van der Waals surface area (Å²) >= 11 is 1.50. The van der Waals surface area contributed by atoms with E-state index in [2.05, 4.69) is 16.5 Å². The van der Waals surface area contributed by atoms with Gasteiger partial charge >= 0.3 is 0 Å². The summed E-state index contributed by atoms with van der Waals surface area (Å²) in [6, 6.07) is 0.166. The molecule has 0 spiro atoms. The zero-order valence-electron chi connectivity index (χ0n) is 10.7. The molecule has 1 unspecified atom stereocenters. The van der Waals surface area contributed by atoms with Crippen molar-refractivity contribution in [1.82, 2.24) is 9.59 Å². The van der Waals surface area contributed by atoms with Crippen LogP contribution in [0.5, 0.6) is 0 Å². The van der Waals surface area contributed by atoms with Crippen molar-refractivity contribution in [1.29, 1.82) is 0 Å². The first-order valence-electron chi connectivity index (χ1n) is 6.88. The SMILES string of the molecule is CCCc1nnsc1C(N)CC1CCCCC1. The number of hydrogen-bond donors (Lipinski definition) is 1. The molecule has 1 aliphatic carbocycles. The van der Waals surface area contributed by atoms with Gasteiger partial charge in [0.2, 0.25) is 0 Å². The van der Waals surface area contributed by atoms with E-state index in [4.69, 9.17) is 5.73 Å². The van der Waals surface area contributed by atoms with Crippen LogP contribution in [0.3, 0.4) is 0 Å². The van der Waals surface area contributed by atoms with Crippen LogP contribution in [-0.4, -0.2) is 9.59 Å². The lowest BCUT2D eigenvalue weighted by atomic mass is 9.84. The molecule has 1 fully saturated rings. The van der Waals surface area contributed by atoms with Crippen molar-refractivity contribution in [2.24, 2.45) is 11.7 Å². The van der Waals surface area contributed by atoms with Crippen molar-refractivity contribution < 1.29 is 0 Å². The Labute approximate surface area is 108 Å². The lowest BCUT2D eigenvalue weighted by Gasteiger charge is -2.24. The topological polar surface area (TPSA) is 51.8 Å². The Morgan fingerprint density at radius 2 is 2.12 bits per heavy atom. The van der Waals surface area contributed by atoms with Gasteiger partial charge in [-0.15, -0.1) is 5.10 Å². The molecule has 0 radical (unpaired) electrons. The molecule has 1 aliphatic rings. The van der Waals surface area contributed by atoms with E-state index in [9.17, 15) is 0 Å². The van der Waals surface area contributed by atoms with E-state index >= 15 is 0 Å². The maximum absolute atomic E-state index is 6.33. The van der Waals surface area contributed by atoms with E-state index < -0.39 is 0 Å². The monoisotopic (exact) mass is 253 g/mol. The van der Waals surface area contributed by atoms with Crippen LogP contribution >= 0.6 is 11.5 Å². The molecular formula is C13H23N3S. The van der Waals surface area contributed by atoms with Gasteiger partial charge in [-0.1, -0.05) is 49.9 Å². The average Bonchev–Trinajstić information content (AvgIpc) is 2.79. The van der Waals surface area contributed by atoms with Crippen LogP contribution in [0.15, 0.2) is 0 Å². The van der Waals surface area contributed by atoms with Crippen LogP contribution in [0.4, 0.5) is 0 Å². The summed E-state index contributed by atoms with van der Waals surface area (Å²) < 4.78 is 4.07. The third-order valence-corrected chi connectivity index (χ3v) is 4.62. The first-order valence-corrected chi connectivity index (χ1v) is 7.65. The summed E-state index contributed by atoms with van der Waals surface area (Å²) in [7, 11) is 0. The predicted molar refractivity (Wildman–Crippen MR) is 72.0 cm³/mol. The van der Waals surface area contributed by atoms with E-state index in [-0.39, 0.29) is 6.04 Å². The Morgan fingerprint density at radius 3 is 2.82 bits per heavy atom. The van der Waals surface area contributed by atoms with Gasteiger partial charge in [-0.3, -0.25) is 0 Å². The second-order valence-electron chi connectivity index (χ2n) is 5.18. The molecule has 0 amide bonds. The Balaban J connectivity index is 1.93. The quantitative estimate of drug-likeness (QED) is 0.874. The summed E-state index contributed by atoms with van der Waals surface area (Å²) in [5, 5.41) is 4.21. The summed E-state index contributed by atoms with van der Waals surface area (Å²) in [5.41, 5.74) is 7.47. The van der Waals surface area contributed by atoms with E-state index in [1.165, 1.54) is 48.5 Å². The van der Waals surface area contributed by atoms with Crippen LogP contribution < -0.4 is 5.73 Å². The van der Waals surface area contributed by atoms with Gasteiger partial charge in [0.15, 0.2) is 0 Å². The smallest absolute Gasteiger partial charge is 0.0803 e. The normalized spacial score (nSPS) is 19.4. The van der Waals surface area contributed by atoms with E-state index in [1.54, 1.807) is 0 Å². The molecule has 0 bridgehead atoms. The molecule has 0 aromatic carbocycles. The lowest BCUT2D eigenvalue weighted by molar-refractivity contribution is 0.320. The van der Waals surface area contributed by atoms with Crippen molar-refractivity contribution in [3.8, 4) is 0 Å². The number of rotatable bonds is 5. The second-order valence-corrected chi connectivity index (χ2v) is 5.97. The van der Waals surface area contributed by atoms with Crippen LogP contribution in [0.2, 0.25) is 0 Å². The van der Waals surface area contributed by atoms with Crippen LogP contribution in [0, 0.1) is 5.92 Å². The highest BCUT2D eigenvalue weighted by molar-refractivity contribution is 7.05. The zero-order chi connectivity index (χ0) is 12.1. The number of nitrogens with two attached hydrogens (primary N) is 1. The minimum absolute atomic E-state index is 0.166. The Kier molecular flexibility index (Phi) is 4.92. The fraction of sp³-hybridized carbons (Fsp3) is 0.846. The van der Waals surface area contributed by atoms with Gasteiger partial charge in [-0.05, 0) is 30.3 Å². The third kappa shape index (κ3) is 3.49. The Hall–Kier alpha value is -0.480. The highest BCUT2D eigenvalue weighted by Gasteiger charge is 2.21. The van der Waals surface area contributed by atoms with Crippen molar-refractivity contribution in [3.63, 3.8) is 0 Å². The Bertz CT molecular complexity index is 331. The Morgan fingerprint density at radius 1 is 1.35 bits per heavy atom. The number of aromatic nitrogens is 2. The molecular weight excluding hydrogens is 230 g/mol. The van der Waals surface area contributed by atoms with Gasteiger partial charge in [0.1, 0.15) is 0 Å². The minimum atomic E-state index is 0.166. The summed E-state index contributed by atoms with van der Waals surface area (Å²) in [6.45, 7) is 2.18. The van der Waals surface area contributed by atoms with E-state index in [0.29, 0.717) is 0 Å². The molecule has 0 saturated heterocycles. The fourth-order valence-corrected chi connectivity index (χ4v) is 3.50. The molecule has 1 saturated carbocycles. The first-order chi connectivity index (χ1) is 8.31. The highest BCUT2D eigenvalue weighted by atomic mass is 32.1. The second kappa shape index (κ2) is 6.45. The molecule has 1 atom stereocenters. The van der Waals surface area contributed by atoms with Gasteiger partial charge < -0.3 is 5.73 Å². The predicted octanol–water partition coefficient (Wildman–Crippen LogP) is 3.46. The molecule has 96 valence electrons. The lowest BCUT2D eigenvalue weighted by Crippen LogP contribution is -2.17. The van der Waals surface area contributed by atoms with E-state index in [0.717, 1.165) is 30.9 Å². The van der Waals surface area contributed by atoms with Crippen molar-refractivity contribution in [2.45, 2.75) is 64.3 Å². The highest BCUT2D eigenvalue weighted by Crippen LogP contribution is 2.32. The zero-order valence-corrected chi connectivity index (χ0v) is 11.5. The third-order valence-electron chi connectivity index (χ3n) is 3.72. The molecule has 1 heterocycles. The average molecular weight is 253 g/mol. The molecule has 17 heavy (non-hydrogen) atoms. The molecule has 3 nitrogen and oxygen atoms in total.